The number of rotatable bonds is 3. The molecule has 7 nitrogen and oxygen atoms in total. The third-order valence-corrected chi connectivity index (χ3v) is 4.79. The van der Waals surface area contributed by atoms with Crippen molar-refractivity contribution in [3.8, 4) is 22.8 Å². The third-order valence-electron chi connectivity index (χ3n) is 4.17. The molecule has 1 amide bonds. The molecular weight excluding hydrogens is 364 g/mol. The first-order chi connectivity index (χ1) is 14.2. The number of thioether (sulfide) groups is 1. The zero-order valence-corrected chi connectivity index (χ0v) is 15.9. The van der Waals surface area contributed by atoms with E-state index >= 15 is 0 Å². The summed E-state index contributed by atoms with van der Waals surface area (Å²) in [6.07, 6.45) is 4.74. The number of anilines is 1. The predicted octanol–water partition coefficient (Wildman–Crippen LogP) is 3.48. The lowest BCUT2D eigenvalue weighted by Crippen LogP contribution is -2.26. The topological polar surface area (TPSA) is 78.3 Å². The molecule has 1 atom stereocenters. The van der Waals surface area contributed by atoms with E-state index in [2.05, 4.69) is 15.3 Å². The number of ether oxygens (including phenoxy) is 2. The van der Waals surface area contributed by atoms with Crippen molar-refractivity contribution < 1.29 is 18.4 Å². The molecule has 1 aliphatic heterocycles. The second-order valence-corrected chi connectivity index (χ2v) is 7.09. The third kappa shape index (κ3) is 3.21. The molecule has 140 valence electrons. The van der Waals surface area contributed by atoms with Gasteiger partial charge in [-0.2, -0.15) is 0 Å². The highest BCUT2D eigenvalue weighted by molar-refractivity contribution is 7.98. The lowest BCUT2D eigenvalue weighted by molar-refractivity contribution is -0.114. The van der Waals surface area contributed by atoms with Gasteiger partial charge in [-0.15, -0.1) is 11.8 Å². The number of nitrogens with one attached hydrogen (secondary N) is 1. The molecule has 0 radical (unpaired) electrons. The van der Waals surface area contributed by atoms with Crippen molar-refractivity contribution in [1.29, 1.82) is 0 Å². The minimum absolute atomic E-state index is 0.109. The van der Waals surface area contributed by atoms with Crippen molar-refractivity contribution in [2.45, 2.75) is 25.0 Å². The average molecular weight is 387 g/mol. The summed E-state index contributed by atoms with van der Waals surface area (Å²) in [5, 5.41) is 3.93. The Hall–Kier alpha value is -2.74. The van der Waals surface area contributed by atoms with Gasteiger partial charge in [0.05, 0.1) is 11.7 Å². The molecule has 0 saturated carbocycles. The molecule has 0 aromatic carbocycles. The SMILES string of the molecule is [2H]C([2H])([2H])n1cc(-c2nc(SC)cc3c2OC[C@H](C)O3)c2cc(NC(C)=O)ncc21. The van der Waals surface area contributed by atoms with Crippen LogP contribution >= 0.6 is 11.8 Å². The molecule has 0 unspecified atom stereocenters. The summed E-state index contributed by atoms with van der Waals surface area (Å²) in [5.74, 6) is 1.08. The number of carbonyl (C=O) groups excluding carboxylic acids is 1. The van der Waals surface area contributed by atoms with Crippen molar-refractivity contribution in [1.82, 2.24) is 14.5 Å². The Bertz CT molecular complexity index is 1150. The van der Waals surface area contributed by atoms with Crippen LogP contribution in [0.5, 0.6) is 11.5 Å². The van der Waals surface area contributed by atoms with Gasteiger partial charge in [-0.25, -0.2) is 9.97 Å². The molecule has 1 N–H and O–H groups in total. The normalized spacial score (nSPS) is 17.9. The van der Waals surface area contributed by atoms with E-state index in [-0.39, 0.29) is 12.0 Å². The fraction of sp³-hybridized carbons (Fsp3) is 0.316. The molecule has 8 heteroatoms. The summed E-state index contributed by atoms with van der Waals surface area (Å²) >= 11 is 1.45. The van der Waals surface area contributed by atoms with E-state index in [0.717, 1.165) is 0 Å². The predicted molar refractivity (Wildman–Crippen MR) is 106 cm³/mol. The standard InChI is InChI=1S/C19H20N4O3S/c1-10-9-25-19-15(26-10)6-17(27-4)22-18(19)13-8-23(3)14-7-20-16(5-12(13)14)21-11(2)24/h5-8,10H,9H2,1-4H3,(H,20,21,24)/t10-/m0/s1/i3D3. The minimum Gasteiger partial charge on any atom is -0.484 e. The molecule has 3 aromatic heterocycles. The van der Waals surface area contributed by atoms with Crippen LogP contribution in [-0.4, -0.2) is 39.4 Å². The zero-order chi connectivity index (χ0) is 21.6. The van der Waals surface area contributed by atoms with Crippen LogP contribution < -0.4 is 14.8 Å². The van der Waals surface area contributed by atoms with Gasteiger partial charge in [-0.1, -0.05) is 0 Å². The van der Waals surface area contributed by atoms with Crippen LogP contribution in [0.15, 0.2) is 29.6 Å². The maximum absolute atomic E-state index is 11.5. The molecule has 3 aromatic rings. The first-order valence-electron chi connectivity index (χ1n) is 9.85. The van der Waals surface area contributed by atoms with Crippen molar-refractivity contribution in [2.75, 3.05) is 18.2 Å². The Labute approximate surface area is 165 Å². The Balaban J connectivity index is 2.00. The van der Waals surface area contributed by atoms with Crippen molar-refractivity contribution in [2.24, 2.45) is 6.98 Å². The summed E-state index contributed by atoms with van der Waals surface area (Å²) in [6, 6.07) is 3.45. The molecule has 1 aliphatic rings. The van der Waals surface area contributed by atoms with Crippen LogP contribution in [0.2, 0.25) is 0 Å². The Morgan fingerprint density at radius 3 is 3.07 bits per heavy atom. The first-order valence-corrected chi connectivity index (χ1v) is 9.58. The van der Waals surface area contributed by atoms with Crippen molar-refractivity contribution in [3.63, 3.8) is 0 Å². The number of aryl methyl sites for hydroxylation is 1. The molecule has 0 saturated heterocycles. The van der Waals surface area contributed by atoms with Crippen LogP contribution in [0.25, 0.3) is 22.2 Å². The number of amides is 1. The van der Waals surface area contributed by atoms with Crippen LogP contribution in [-0.2, 0) is 11.8 Å². The second-order valence-electron chi connectivity index (χ2n) is 6.26. The van der Waals surface area contributed by atoms with Crippen molar-refractivity contribution >= 4 is 34.4 Å². The Morgan fingerprint density at radius 1 is 1.48 bits per heavy atom. The summed E-state index contributed by atoms with van der Waals surface area (Å²) in [4.78, 5) is 20.3. The number of carbonyl (C=O) groups is 1. The van der Waals surface area contributed by atoms with E-state index < -0.39 is 6.98 Å². The summed E-state index contributed by atoms with van der Waals surface area (Å²) < 4.78 is 36.8. The lowest BCUT2D eigenvalue weighted by Gasteiger charge is -2.25. The van der Waals surface area contributed by atoms with Gasteiger partial charge >= 0.3 is 0 Å². The molecular formula is C19H20N4O3S. The molecule has 0 aliphatic carbocycles. The van der Waals surface area contributed by atoms with Crippen LogP contribution in [0.1, 0.15) is 18.0 Å². The van der Waals surface area contributed by atoms with E-state index in [9.17, 15) is 4.79 Å². The highest BCUT2D eigenvalue weighted by atomic mass is 32.2. The van der Waals surface area contributed by atoms with Gasteiger partial charge in [0.2, 0.25) is 5.91 Å². The van der Waals surface area contributed by atoms with Gasteiger partial charge in [0, 0.05) is 41.2 Å². The number of hydrogen-bond donors (Lipinski definition) is 1. The Kier molecular flexibility index (Phi) is 3.59. The zero-order valence-electron chi connectivity index (χ0n) is 18.1. The van der Waals surface area contributed by atoms with Crippen LogP contribution in [0.3, 0.4) is 0 Å². The van der Waals surface area contributed by atoms with Crippen molar-refractivity contribution in [3.05, 3.63) is 24.5 Å². The molecule has 0 bridgehead atoms. The molecule has 0 spiro atoms. The summed E-state index contributed by atoms with van der Waals surface area (Å²) in [7, 11) is 0. The Morgan fingerprint density at radius 2 is 2.33 bits per heavy atom. The highest BCUT2D eigenvalue weighted by Gasteiger charge is 2.25. The van der Waals surface area contributed by atoms with E-state index in [0.29, 0.717) is 51.1 Å². The first kappa shape index (κ1) is 14.3. The van der Waals surface area contributed by atoms with E-state index in [1.165, 1.54) is 35.6 Å². The molecule has 0 fully saturated rings. The largest absolute Gasteiger partial charge is 0.484 e. The highest BCUT2D eigenvalue weighted by Crippen LogP contribution is 2.44. The number of hydrogen-bond acceptors (Lipinski definition) is 6. The number of fused-ring (bicyclic) bond motifs is 2. The van der Waals surface area contributed by atoms with Gasteiger partial charge in [0.15, 0.2) is 11.5 Å². The monoisotopic (exact) mass is 387 g/mol. The second kappa shape index (κ2) is 6.77. The van der Waals surface area contributed by atoms with Crippen LogP contribution in [0.4, 0.5) is 5.82 Å². The van der Waals surface area contributed by atoms with E-state index in [1.54, 1.807) is 6.07 Å². The van der Waals surface area contributed by atoms with Gasteiger partial charge < -0.3 is 19.4 Å². The van der Waals surface area contributed by atoms with Gasteiger partial charge in [-0.3, -0.25) is 4.79 Å². The summed E-state index contributed by atoms with van der Waals surface area (Å²) in [5.41, 5.74) is 1.44. The maximum atomic E-state index is 11.5. The number of aromatic nitrogens is 3. The number of nitrogens with zero attached hydrogens (tertiary/aromatic N) is 3. The van der Waals surface area contributed by atoms with E-state index in [1.807, 2.05) is 19.2 Å². The molecule has 27 heavy (non-hydrogen) atoms. The lowest BCUT2D eigenvalue weighted by atomic mass is 10.1. The van der Waals surface area contributed by atoms with Gasteiger partial charge in [0.1, 0.15) is 29.2 Å². The van der Waals surface area contributed by atoms with E-state index in [4.69, 9.17) is 13.6 Å². The fourth-order valence-electron chi connectivity index (χ4n) is 3.01. The minimum atomic E-state index is -2.42. The smallest absolute Gasteiger partial charge is 0.222 e. The molecule has 4 rings (SSSR count). The van der Waals surface area contributed by atoms with Gasteiger partial charge in [0.25, 0.3) is 0 Å². The molecule has 4 heterocycles. The average Bonchev–Trinajstić information content (AvgIpc) is 3.05. The quantitative estimate of drug-likeness (QED) is 0.693. The van der Waals surface area contributed by atoms with Gasteiger partial charge in [-0.05, 0) is 19.2 Å². The van der Waals surface area contributed by atoms with Crippen LogP contribution in [0, 0.1) is 0 Å². The number of pyridine rings is 2. The summed E-state index contributed by atoms with van der Waals surface area (Å²) in [6.45, 7) is 1.23. The fourth-order valence-corrected chi connectivity index (χ4v) is 3.42. The maximum Gasteiger partial charge on any atom is 0.222 e.